The third-order valence-corrected chi connectivity index (χ3v) is 2.67. The van der Waals surface area contributed by atoms with Crippen molar-refractivity contribution < 1.29 is 9.84 Å². The first kappa shape index (κ1) is 12.2. The van der Waals surface area contributed by atoms with E-state index in [1.54, 1.807) is 7.11 Å². The van der Waals surface area contributed by atoms with Crippen LogP contribution in [0.5, 0.6) is 0 Å². The fraction of sp³-hybridized carbons (Fsp3) is 0.538. The van der Waals surface area contributed by atoms with Gasteiger partial charge in [-0.2, -0.15) is 0 Å². The van der Waals surface area contributed by atoms with Crippen LogP contribution in [-0.4, -0.2) is 24.4 Å². The van der Waals surface area contributed by atoms with Crippen molar-refractivity contribution in [3.8, 4) is 0 Å². The van der Waals surface area contributed by atoms with Crippen molar-refractivity contribution in [3.05, 3.63) is 35.4 Å². The second kappa shape index (κ2) is 5.29. The molecule has 0 saturated heterocycles. The lowest BCUT2D eigenvalue weighted by molar-refractivity contribution is 0.0230. The molecule has 0 unspecified atom stereocenters. The number of aliphatic hydroxyl groups excluding tert-OH is 1. The number of hydrogen-bond donors (Lipinski definition) is 1. The minimum Gasteiger partial charge on any atom is -0.396 e. The van der Waals surface area contributed by atoms with Crippen LogP contribution in [0.15, 0.2) is 24.3 Å². The Hall–Kier alpha value is -0.860. The highest BCUT2D eigenvalue weighted by Crippen LogP contribution is 2.19. The molecule has 0 bridgehead atoms. The summed E-state index contributed by atoms with van der Waals surface area (Å²) in [7, 11) is 1.73. The summed E-state index contributed by atoms with van der Waals surface area (Å²) in [5.74, 6) is 0. The molecule has 15 heavy (non-hydrogen) atoms. The minimum atomic E-state index is -0.147. The molecule has 2 heteroatoms. The van der Waals surface area contributed by atoms with Crippen LogP contribution in [0, 0.1) is 0 Å². The van der Waals surface area contributed by atoms with Crippen LogP contribution in [0.1, 0.15) is 25.0 Å². The van der Waals surface area contributed by atoms with Gasteiger partial charge in [0.1, 0.15) is 0 Å². The predicted molar refractivity (Wildman–Crippen MR) is 62.0 cm³/mol. The van der Waals surface area contributed by atoms with Crippen molar-refractivity contribution >= 4 is 0 Å². The second-order valence-corrected chi connectivity index (χ2v) is 4.38. The van der Waals surface area contributed by atoms with E-state index in [9.17, 15) is 0 Å². The monoisotopic (exact) mass is 208 g/mol. The van der Waals surface area contributed by atoms with Crippen molar-refractivity contribution in [2.24, 2.45) is 0 Å². The van der Waals surface area contributed by atoms with Gasteiger partial charge >= 0.3 is 0 Å². The van der Waals surface area contributed by atoms with Gasteiger partial charge in [-0.25, -0.2) is 0 Å². The van der Waals surface area contributed by atoms with Crippen LogP contribution in [0.3, 0.4) is 0 Å². The summed E-state index contributed by atoms with van der Waals surface area (Å²) in [4.78, 5) is 0. The lowest BCUT2D eigenvalue weighted by Gasteiger charge is -2.24. The molecule has 0 heterocycles. The number of ether oxygens (including phenoxy) is 1. The number of hydrogen-bond acceptors (Lipinski definition) is 2. The van der Waals surface area contributed by atoms with E-state index in [1.807, 2.05) is 12.1 Å². The van der Waals surface area contributed by atoms with Crippen molar-refractivity contribution in [3.63, 3.8) is 0 Å². The molecule has 1 rings (SSSR count). The van der Waals surface area contributed by atoms with Gasteiger partial charge in [0, 0.05) is 20.1 Å². The maximum Gasteiger partial charge on any atom is 0.0663 e. The zero-order valence-corrected chi connectivity index (χ0v) is 9.79. The van der Waals surface area contributed by atoms with Crippen molar-refractivity contribution in [2.45, 2.75) is 32.3 Å². The molecule has 0 amide bonds. The summed E-state index contributed by atoms with van der Waals surface area (Å²) in [6.07, 6.45) is 1.59. The Labute approximate surface area is 91.9 Å². The lowest BCUT2D eigenvalue weighted by Crippen LogP contribution is -2.26. The van der Waals surface area contributed by atoms with Crippen LogP contribution in [-0.2, 0) is 17.6 Å². The Kier molecular flexibility index (Phi) is 4.30. The van der Waals surface area contributed by atoms with E-state index in [4.69, 9.17) is 9.84 Å². The molecule has 1 aromatic carbocycles. The highest BCUT2D eigenvalue weighted by molar-refractivity contribution is 5.28. The van der Waals surface area contributed by atoms with Gasteiger partial charge in [-0.15, -0.1) is 0 Å². The summed E-state index contributed by atoms with van der Waals surface area (Å²) >= 11 is 0. The van der Waals surface area contributed by atoms with Gasteiger partial charge in [-0.1, -0.05) is 24.3 Å². The predicted octanol–water partition coefficient (Wildman–Crippen LogP) is 2.19. The van der Waals surface area contributed by atoms with Crippen LogP contribution < -0.4 is 0 Å². The number of rotatable bonds is 5. The molecule has 84 valence electrons. The molecular weight excluding hydrogens is 188 g/mol. The van der Waals surface area contributed by atoms with E-state index in [0.29, 0.717) is 0 Å². The first-order valence-electron chi connectivity index (χ1n) is 5.32. The number of methoxy groups -OCH3 is 1. The highest BCUT2D eigenvalue weighted by Gasteiger charge is 2.18. The van der Waals surface area contributed by atoms with Crippen LogP contribution >= 0.6 is 0 Å². The maximum atomic E-state index is 8.97. The van der Waals surface area contributed by atoms with E-state index in [0.717, 1.165) is 12.8 Å². The standard InChI is InChI=1S/C13H20O2/c1-13(2,15-3)10-12-7-5-4-6-11(12)8-9-14/h4-7,14H,8-10H2,1-3H3. The van der Waals surface area contributed by atoms with Crippen LogP contribution in [0.25, 0.3) is 0 Å². The van der Waals surface area contributed by atoms with Crippen molar-refractivity contribution in [2.75, 3.05) is 13.7 Å². The molecule has 0 atom stereocenters. The van der Waals surface area contributed by atoms with E-state index in [-0.39, 0.29) is 12.2 Å². The summed E-state index contributed by atoms with van der Waals surface area (Å²) in [6, 6.07) is 8.21. The summed E-state index contributed by atoms with van der Waals surface area (Å²) < 4.78 is 5.41. The molecule has 1 aromatic rings. The van der Waals surface area contributed by atoms with Gasteiger partial charge in [0.25, 0.3) is 0 Å². The van der Waals surface area contributed by atoms with Gasteiger partial charge in [-0.05, 0) is 31.4 Å². The molecule has 0 aromatic heterocycles. The zero-order chi connectivity index (χ0) is 11.3. The molecule has 0 aliphatic heterocycles. The molecule has 1 N–H and O–H groups in total. The Morgan fingerprint density at radius 2 is 1.80 bits per heavy atom. The maximum absolute atomic E-state index is 8.97. The first-order chi connectivity index (χ1) is 7.09. The molecule has 0 radical (unpaired) electrons. The van der Waals surface area contributed by atoms with Gasteiger partial charge in [0.15, 0.2) is 0 Å². The average molecular weight is 208 g/mol. The Balaban J connectivity index is 2.84. The smallest absolute Gasteiger partial charge is 0.0663 e. The molecule has 2 nitrogen and oxygen atoms in total. The van der Waals surface area contributed by atoms with E-state index < -0.39 is 0 Å². The van der Waals surface area contributed by atoms with Gasteiger partial charge in [0.2, 0.25) is 0 Å². The summed E-state index contributed by atoms with van der Waals surface area (Å²) in [6.45, 7) is 4.34. The zero-order valence-electron chi connectivity index (χ0n) is 9.79. The van der Waals surface area contributed by atoms with E-state index in [1.165, 1.54) is 11.1 Å². The van der Waals surface area contributed by atoms with E-state index in [2.05, 4.69) is 26.0 Å². The largest absolute Gasteiger partial charge is 0.396 e. The van der Waals surface area contributed by atoms with Gasteiger partial charge < -0.3 is 9.84 Å². The molecule has 0 saturated carbocycles. The molecule has 0 aliphatic rings. The Morgan fingerprint density at radius 1 is 1.20 bits per heavy atom. The number of aliphatic hydroxyl groups is 1. The third kappa shape index (κ3) is 3.65. The molecule has 0 spiro atoms. The fourth-order valence-corrected chi connectivity index (χ4v) is 1.63. The molecule has 0 aliphatic carbocycles. The highest BCUT2D eigenvalue weighted by atomic mass is 16.5. The van der Waals surface area contributed by atoms with Crippen LogP contribution in [0.4, 0.5) is 0 Å². The topological polar surface area (TPSA) is 29.5 Å². The Bertz CT molecular complexity index is 305. The first-order valence-corrected chi connectivity index (χ1v) is 5.32. The molecule has 0 fully saturated rings. The van der Waals surface area contributed by atoms with Gasteiger partial charge in [0.05, 0.1) is 5.60 Å². The van der Waals surface area contributed by atoms with Gasteiger partial charge in [-0.3, -0.25) is 0 Å². The van der Waals surface area contributed by atoms with E-state index >= 15 is 0 Å². The fourth-order valence-electron chi connectivity index (χ4n) is 1.63. The third-order valence-electron chi connectivity index (χ3n) is 2.67. The minimum absolute atomic E-state index is 0.147. The SMILES string of the molecule is COC(C)(C)Cc1ccccc1CCO. The average Bonchev–Trinajstić information content (AvgIpc) is 2.21. The summed E-state index contributed by atoms with van der Waals surface area (Å²) in [5, 5.41) is 8.97. The van der Waals surface area contributed by atoms with Crippen molar-refractivity contribution in [1.82, 2.24) is 0 Å². The normalized spacial score (nSPS) is 11.7. The van der Waals surface area contributed by atoms with Crippen molar-refractivity contribution in [1.29, 1.82) is 0 Å². The Morgan fingerprint density at radius 3 is 2.33 bits per heavy atom. The summed E-state index contributed by atoms with van der Waals surface area (Å²) in [5.41, 5.74) is 2.33. The quantitative estimate of drug-likeness (QED) is 0.803. The second-order valence-electron chi connectivity index (χ2n) is 4.38. The molecular formula is C13H20O2. The number of benzene rings is 1. The lowest BCUT2D eigenvalue weighted by atomic mass is 9.93. The van der Waals surface area contributed by atoms with Crippen LogP contribution in [0.2, 0.25) is 0 Å².